The van der Waals surface area contributed by atoms with Gasteiger partial charge in [0.2, 0.25) is 0 Å². The quantitative estimate of drug-likeness (QED) is 0.749. The Labute approximate surface area is 134 Å². The molecule has 0 radical (unpaired) electrons. The fourth-order valence-electron chi connectivity index (χ4n) is 2.33. The molecule has 2 aromatic rings. The molecule has 3 heteroatoms. The van der Waals surface area contributed by atoms with Crippen LogP contribution in [0.15, 0.2) is 46.9 Å². The lowest BCUT2D eigenvalue weighted by Crippen LogP contribution is -2.23. The van der Waals surface area contributed by atoms with E-state index in [-0.39, 0.29) is 6.04 Å². The van der Waals surface area contributed by atoms with E-state index in [9.17, 15) is 0 Å². The van der Waals surface area contributed by atoms with E-state index in [4.69, 9.17) is 11.6 Å². The lowest BCUT2D eigenvalue weighted by Gasteiger charge is -2.20. The Morgan fingerprint density at radius 1 is 1.15 bits per heavy atom. The standard InChI is InChI=1S/C17H19BrClN/c1-3-7-20-17(13-5-4-6-16(19)11-13)14-8-12(2)9-15(18)10-14/h4-6,8-11,17,20H,3,7H2,1-2H3. The Morgan fingerprint density at radius 2 is 1.95 bits per heavy atom. The molecule has 2 rings (SSSR count). The zero-order valence-corrected chi connectivity index (χ0v) is 14.1. The lowest BCUT2D eigenvalue weighted by atomic mass is 9.97. The molecule has 0 aliphatic heterocycles. The molecule has 0 saturated carbocycles. The highest BCUT2D eigenvalue weighted by molar-refractivity contribution is 9.10. The predicted molar refractivity (Wildman–Crippen MR) is 90.5 cm³/mol. The Hall–Kier alpha value is -0.830. The molecule has 1 N–H and O–H groups in total. The van der Waals surface area contributed by atoms with Crippen LogP contribution in [-0.2, 0) is 0 Å². The van der Waals surface area contributed by atoms with E-state index < -0.39 is 0 Å². The van der Waals surface area contributed by atoms with Crippen molar-refractivity contribution >= 4 is 27.5 Å². The summed E-state index contributed by atoms with van der Waals surface area (Å²) in [4.78, 5) is 0. The minimum Gasteiger partial charge on any atom is -0.306 e. The van der Waals surface area contributed by atoms with Gasteiger partial charge in [0.25, 0.3) is 0 Å². The first-order valence-electron chi connectivity index (χ1n) is 6.86. The van der Waals surface area contributed by atoms with Gasteiger partial charge >= 0.3 is 0 Å². The minimum absolute atomic E-state index is 0.171. The Morgan fingerprint density at radius 3 is 2.60 bits per heavy atom. The summed E-state index contributed by atoms with van der Waals surface area (Å²) in [7, 11) is 0. The first-order chi connectivity index (χ1) is 9.60. The van der Waals surface area contributed by atoms with E-state index in [1.54, 1.807) is 0 Å². The Bertz CT molecular complexity index is 563. The highest BCUT2D eigenvalue weighted by Gasteiger charge is 2.14. The lowest BCUT2D eigenvalue weighted by molar-refractivity contribution is 0.598. The van der Waals surface area contributed by atoms with Gasteiger partial charge in [0.1, 0.15) is 0 Å². The van der Waals surface area contributed by atoms with Crippen LogP contribution in [0.2, 0.25) is 5.02 Å². The molecule has 0 bridgehead atoms. The van der Waals surface area contributed by atoms with Crippen molar-refractivity contribution < 1.29 is 0 Å². The summed E-state index contributed by atoms with van der Waals surface area (Å²) < 4.78 is 1.11. The van der Waals surface area contributed by atoms with Gasteiger partial charge in [-0.1, -0.05) is 52.7 Å². The smallest absolute Gasteiger partial charge is 0.0577 e. The van der Waals surface area contributed by atoms with Crippen LogP contribution in [0.25, 0.3) is 0 Å². The molecule has 1 atom stereocenters. The summed E-state index contributed by atoms with van der Waals surface area (Å²) in [6, 6.07) is 14.8. The number of hydrogen-bond acceptors (Lipinski definition) is 1. The zero-order chi connectivity index (χ0) is 14.5. The molecule has 106 valence electrons. The van der Waals surface area contributed by atoms with E-state index in [1.165, 1.54) is 16.7 Å². The maximum atomic E-state index is 6.14. The van der Waals surface area contributed by atoms with Crippen molar-refractivity contribution in [1.29, 1.82) is 0 Å². The molecule has 1 unspecified atom stereocenters. The van der Waals surface area contributed by atoms with Gasteiger partial charge in [-0.25, -0.2) is 0 Å². The highest BCUT2D eigenvalue weighted by Crippen LogP contribution is 2.27. The maximum absolute atomic E-state index is 6.14. The van der Waals surface area contributed by atoms with Crippen LogP contribution in [0.1, 0.15) is 36.1 Å². The van der Waals surface area contributed by atoms with Gasteiger partial charge in [-0.3, -0.25) is 0 Å². The number of aryl methyl sites for hydroxylation is 1. The molecular weight excluding hydrogens is 334 g/mol. The number of hydrogen-bond donors (Lipinski definition) is 1. The SMILES string of the molecule is CCCNC(c1cccc(Cl)c1)c1cc(C)cc(Br)c1. The summed E-state index contributed by atoms with van der Waals surface area (Å²) in [6.45, 7) is 5.26. The summed E-state index contributed by atoms with van der Waals surface area (Å²) in [5, 5.41) is 4.38. The average molecular weight is 353 g/mol. The molecular formula is C17H19BrClN. The highest BCUT2D eigenvalue weighted by atomic mass is 79.9. The van der Waals surface area contributed by atoms with Crippen molar-refractivity contribution in [2.75, 3.05) is 6.54 Å². The van der Waals surface area contributed by atoms with Crippen molar-refractivity contribution in [2.45, 2.75) is 26.3 Å². The van der Waals surface area contributed by atoms with Crippen LogP contribution in [-0.4, -0.2) is 6.54 Å². The molecule has 2 aromatic carbocycles. The largest absolute Gasteiger partial charge is 0.306 e. The van der Waals surface area contributed by atoms with Crippen LogP contribution in [0.4, 0.5) is 0 Å². The van der Waals surface area contributed by atoms with Crippen LogP contribution in [0.5, 0.6) is 0 Å². The van der Waals surface area contributed by atoms with Gasteiger partial charge in [0.15, 0.2) is 0 Å². The summed E-state index contributed by atoms with van der Waals surface area (Å²) in [6.07, 6.45) is 1.10. The van der Waals surface area contributed by atoms with Crippen molar-refractivity contribution in [1.82, 2.24) is 5.32 Å². The number of rotatable bonds is 5. The number of nitrogens with one attached hydrogen (secondary N) is 1. The molecule has 1 nitrogen and oxygen atoms in total. The van der Waals surface area contributed by atoms with Crippen LogP contribution in [0.3, 0.4) is 0 Å². The fraction of sp³-hybridized carbons (Fsp3) is 0.294. The van der Waals surface area contributed by atoms with Gasteiger partial charge in [-0.05, 0) is 60.8 Å². The molecule has 0 aliphatic rings. The van der Waals surface area contributed by atoms with Crippen molar-refractivity contribution in [3.8, 4) is 0 Å². The summed E-state index contributed by atoms with van der Waals surface area (Å²) in [5.41, 5.74) is 3.70. The van der Waals surface area contributed by atoms with Gasteiger partial charge in [0.05, 0.1) is 6.04 Å². The van der Waals surface area contributed by atoms with Crippen molar-refractivity contribution in [3.63, 3.8) is 0 Å². The molecule has 0 aromatic heterocycles. The minimum atomic E-state index is 0.171. The normalized spacial score (nSPS) is 12.4. The molecule has 0 amide bonds. The molecule has 0 saturated heterocycles. The van der Waals surface area contributed by atoms with Crippen LogP contribution >= 0.6 is 27.5 Å². The second-order valence-corrected chi connectivity index (χ2v) is 6.36. The third kappa shape index (κ3) is 4.08. The zero-order valence-electron chi connectivity index (χ0n) is 11.8. The van der Waals surface area contributed by atoms with Crippen molar-refractivity contribution in [3.05, 3.63) is 68.7 Å². The van der Waals surface area contributed by atoms with Crippen molar-refractivity contribution in [2.24, 2.45) is 0 Å². The molecule has 0 spiro atoms. The van der Waals surface area contributed by atoms with Crippen LogP contribution in [0, 0.1) is 6.92 Å². The summed E-state index contributed by atoms with van der Waals surface area (Å²) in [5.74, 6) is 0. The average Bonchev–Trinajstić information content (AvgIpc) is 2.38. The number of benzene rings is 2. The first kappa shape index (κ1) is 15.6. The molecule has 20 heavy (non-hydrogen) atoms. The van der Waals surface area contributed by atoms with Gasteiger partial charge in [-0.15, -0.1) is 0 Å². The molecule has 0 fully saturated rings. The topological polar surface area (TPSA) is 12.0 Å². The van der Waals surface area contributed by atoms with Crippen LogP contribution < -0.4 is 5.32 Å². The third-order valence-corrected chi connectivity index (χ3v) is 3.87. The number of halogens is 2. The monoisotopic (exact) mass is 351 g/mol. The van der Waals surface area contributed by atoms with Gasteiger partial charge in [-0.2, -0.15) is 0 Å². The second kappa shape index (κ2) is 7.26. The van der Waals surface area contributed by atoms with E-state index in [0.29, 0.717) is 0 Å². The van der Waals surface area contributed by atoms with E-state index in [0.717, 1.165) is 22.5 Å². The third-order valence-electron chi connectivity index (χ3n) is 3.18. The summed E-state index contributed by atoms with van der Waals surface area (Å²) >= 11 is 9.72. The maximum Gasteiger partial charge on any atom is 0.0577 e. The van der Waals surface area contributed by atoms with Gasteiger partial charge in [0, 0.05) is 9.50 Å². The Balaban J connectivity index is 2.41. The predicted octanol–water partition coefficient (Wildman–Crippen LogP) is 5.50. The van der Waals surface area contributed by atoms with Gasteiger partial charge < -0.3 is 5.32 Å². The molecule has 0 aliphatic carbocycles. The van der Waals surface area contributed by atoms with E-state index >= 15 is 0 Å². The fourth-order valence-corrected chi connectivity index (χ4v) is 3.16. The van der Waals surface area contributed by atoms with E-state index in [2.05, 4.69) is 59.4 Å². The molecule has 0 heterocycles. The second-order valence-electron chi connectivity index (χ2n) is 5.00. The van der Waals surface area contributed by atoms with E-state index in [1.807, 2.05) is 18.2 Å². The first-order valence-corrected chi connectivity index (χ1v) is 8.03. The Kier molecular flexibility index (Phi) is 5.64.